The molecule has 0 bridgehead atoms. The Bertz CT molecular complexity index is 650. The van der Waals surface area contributed by atoms with Gasteiger partial charge in [0.1, 0.15) is 4.99 Å². The molecule has 4 heteroatoms. The van der Waals surface area contributed by atoms with Gasteiger partial charge in [-0.1, -0.05) is 36.5 Å². The number of thiocarbonyl (C=S) groups is 1. The third-order valence-corrected chi connectivity index (χ3v) is 3.51. The van der Waals surface area contributed by atoms with E-state index in [1.54, 1.807) is 0 Å². The molecule has 0 spiro atoms. The maximum atomic E-state index is 5.82. The number of pyridine rings is 1. The van der Waals surface area contributed by atoms with Crippen LogP contribution in [0.15, 0.2) is 30.3 Å². The molecule has 0 unspecified atom stereocenters. The number of rotatable bonds is 4. The summed E-state index contributed by atoms with van der Waals surface area (Å²) in [6, 6.07) is 10.3. The lowest BCUT2D eigenvalue weighted by atomic mass is 10.1. The van der Waals surface area contributed by atoms with E-state index in [-0.39, 0.29) is 0 Å². The minimum atomic E-state index is 0.377. The molecule has 3 nitrogen and oxygen atoms in total. The van der Waals surface area contributed by atoms with E-state index in [0.717, 1.165) is 29.2 Å². The van der Waals surface area contributed by atoms with Gasteiger partial charge in [-0.2, -0.15) is 0 Å². The van der Waals surface area contributed by atoms with E-state index in [0.29, 0.717) is 4.99 Å². The summed E-state index contributed by atoms with van der Waals surface area (Å²) in [4.78, 5) is 4.80. The van der Waals surface area contributed by atoms with Crippen molar-refractivity contribution < 1.29 is 0 Å². The molecule has 1 aromatic carbocycles. The minimum Gasteiger partial charge on any atom is -0.389 e. The first-order chi connectivity index (χ1) is 9.49. The van der Waals surface area contributed by atoms with Crippen molar-refractivity contribution in [3.05, 3.63) is 58.4 Å². The zero-order valence-electron chi connectivity index (χ0n) is 12.0. The summed E-state index contributed by atoms with van der Waals surface area (Å²) < 4.78 is 0. The highest BCUT2D eigenvalue weighted by molar-refractivity contribution is 7.80. The fourth-order valence-electron chi connectivity index (χ4n) is 2.28. The fraction of sp³-hybridized carbons (Fsp3) is 0.250. The van der Waals surface area contributed by atoms with Crippen molar-refractivity contribution in [2.75, 3.05) is 5.32 Å². The Balaban J connectivity index is 2.30. The quantitative estimate of drug-likeness (QED) is 0.847. The zero-order valence-corrected chi connectivity index (χ0v) is 12.8. The average Bonchev–Trinajstić information content (AvgIpc) is 2.36. The van der Waals surface area contributed by atoms with Gasteiger partial charge in [0.05, 0.1) is 5.56 Å². The monoisotopic (exact) mass is 285 g/mol. The highest BCUT2D eigenvalue weighted by Crippen LogP contribution is 2.21. The lowest BCUT2D eigenvalue weighted by Crippen LogP contribution is -2.16. The Labute approximate surface area is 125 Å². The van der Waals surface area contributed by atoms with Gasteiger partial charge in [-0.15, -0.1) is 0 Å². The third-order valence-electron chi connectivity index (χ3n) is 3.31. The van der Waals surface area contributed by atoms with E-state index in [4.69, 9.17) is 18.0 Å². The van der Waals surface area contributed by atoms with Crippen LogP contribution in [0.3, 0.4) is 0 Å². The van der Waals surface area contributed by atoms with E-state index in [2.05, 4.69) is 29.4 Å². The molecular formula is C16H19N3S. The van der Waals surface area contributed by atoms with Gasteiger partial charge in [0.2, 0.25) is 0 Å². The van der Waals surface area contributed by atoms with Crippen molar-refractivity contribution in [1.29, 1.82) is 0 Å². The van der Waals surface area contributed by atoms with Crippen LogP contribution < -0.4 is 11.1 Å². The molecule has 20 heavy (non-hydrogen) atoms. The molecule has 0 aliphatic carbocycles. The molecule has 2 rings (SSSR count). The number of benzene rings is 1. The van der Waals surface area contributed by atoms with Crippen LogP contribution in [0.4, 0.5) is 5.69 Å². The Morgan fingerprint density at radius 3 is 2.60 bits per heavy atom. The maximum absolute atomic E-state index is 5.82. The van der Waals surface area contributed by atoms with Gasteiger partial charge >= 0.3 is 0 Å². The van der Waals surface area contributed by atoms with Gasteiger partial charge < -0.3 is 11.1 Å². The third kappa shape index (κ3) is 3.14. The van der Waals surface area contributed by atoms with Crippen molar-refractivity contribution in [2.24, 2.45) is 5.73 Å². The predicted octanol–water partition coefficient (Wildman–Crippen LogP) is 3.25. The van der Waals surface area contributed by atoms with E-state index in [1.807, 2.05) is 32.0 Å². The average molecular weight is 285 g/mol. The summed E-state index contributed by atoms with van der Waals surface area (Å²) >= 11 is 5.13. The van der Waals surface area contributed by atoms with Gasteiger partial charge in [0.15, 0.2) is 0 Å². The molecule has 1 aromatic heterocycles. The van der Waals surface area contributed by atoms with Crippen LogP contribution in [-0.2, 0) is 6.54 Å². The molecule has 3 N–H and O–H groups in total. The number of nitrogens with one attached hydrogen (secondary N) is 1. The zero-order chi connectivity index (χ0) is 14.7. The summed E-state index contributed by atoms with van der Waals surface area (Å²) in [5.41, 5.74) is 11.9. The SMILES string of the molecule is Cc1cc(NCc2ccccc2C)c(C(N)=S)c(C)n1. The van der Waals surface area contributed by atoms with E-state index >= 15 is 0 Å². The number of hydrogen-bond acceptors (Lipinski definition) is 3. The van der Waals surface area contributed by atoms with Crippen molar-refractivity contribution in [2.45, 2.75) is 27.3 Å². The molecule has 104 valence electrons. The fourth-order valence-corrected chi connectivity index (χ4v) is 2.54. The lowest BCUT2D eigenvalue weighted by Gasteiger charge is -2.15. The second-order valence-corrected chi connectivity index (χ2v) is 5.36. The number of nitrogens with two attached hydrogens (primary N) is 1. The molecule has 0 saturated heterocycles. The highest BCUT2D eigenvalue weighted by atomic mass is 32.1. The Morgan fingerprint density at radius 1 is 1.25 bits per heavy atom. The number of nitrogens with zero attached hydrogens (tertiary/aromatic N) is 1. The maximum Gasteiger partial charge on any atom is 0.107 e. The van der Waals surface area contributed by atoms with E-state index < -0.39 is 0 Å². The molecule has 0 atom stereocenters. The molecule has 2 aromatic rings. The molecule has 1 heterocycles. The highest BCUT2D eigenvalue weighted by Gasteiger charge is 2.11. The molecule has 0 amide bonds. The Kier molecular flexibility index (Phi) is 4.35. The summed E-state index contributed by atoms with van der Waals surface area (Å²) in [6.07, 6.45) is 0. The summed E-state index contributed by atoms with van der Waals surface area (Å²) in [6.45, 7) is 6.75. The normalized spacial score (nSPS) is 10.3. The summed E-state index contributed by atoms with van der Waals surface area (Å²) in [5.74, 6) is 0. The molecule has 0 aliphatic heterocycles. The van der Waals surface area contributed by atoms with Crippen LogP contribution in [-0.4, -0.2) is 9.97 Å². The van der Waals surface area contributed by atoms with Gasteiger partial charge in [-0.05, 0) is 38.0 Å². The molecule has 0 fully saturated rings. The topological polar surface area (TPSA) is 50.9 Å². The molecule has 0 saturated carbocycles. The van der Waals surface area contributed by atoms with Crippen molar-refractivity contribution >= 4 is 22.9 Å². The number of hydrogen-bond donors (Lipinski definition) is 2. The smallest absolute Gasteiger partial charge is 0.107 e. The summed E-state index contributed by atoms with van der Waals surface area (Å²) in [7, 11) is 0. The van der Waals surface area contributed by atoms with Gasteiger partial charge in [0.25, 0.3) is 0 Å². The van der Waals surface area contributed by atoms with Crippen LogP contribution in [0.25, 0.3) is 0 Å². The second-order valence-electron chi connectivity index (χ2n) is 4.92. The predicted molar refractivity (Wildman–Crippen MR) is 88.1 cm³/mol. The van der Waals surface area contributed by atoms with Crippen LogP contribution >= 0.6 is 12.2 Å². The van der Waals surface area contributed by atoms with Gasteiger partial charge in [0, 0.05) is 23.6 Å². The lowest BCUT2D eigenvalue weighted by molar-refractivity contribution is 1.08. The Hall–Kier alpha value is -1.94. The van der Waals surface area contributed by atoms with Crippen LogP contribution in [0, 0.1) is 20.8 Å². The minimum absolute atomic E-state index is 0.377. The summed E-state index contributed by atoms with van der Waals surface area (Å²) in [5, 5.41) is 3.43. The van der Waals surface area contributed by atoms with Crippen molar-refractivity contribution in [1.82, 2.24) is 4.98 Å². The second kappa shape index (κ2) is 6.01. The first-order valence-corrected chi connectivity index (χ1v) is 6.96. The number of aryl methyl sites for hydroxylation is 3. The van der Waals surface area contributed by atoms with Crippen LogP contribution in [0.2, 0.25) is 0 Å². The van der Waals surface area contributed by atoms with Crippen LogP contribution in [0.5, 0.6) is 0 Å². The standard InChI is InChI=1S/C16H19N3S/c1-10-6-4-5-7-13(10)9-18-14-8-11(2)19-12(3)15(14)16(17)20/h4-8H,9H2,1-3H3,(H2,17,20)(H,18,19). The van der Waals surface area contributed by atoms with Crippen molar-refractivity contribution in [3.8, 4) is 0 Å². The van der Waals surface area contributed by atoms with E-state index in [1.165, 1.54) is 11.1 Å². The van der Waals surface area contributed by atoms with E-state index in [9.17, 15) is 0 Å². The largest absolute Gasteiger partial charge is 0.389 e. The van der Waals surface area contributed by atoms with Crippen molar-refractivity contribution in [3.63, 3.8) is 0 Å². The number of anilines is 1. The first-order valence-electron chi connectivity index (χ1n) is 6.55. The molecular weight excluding hydrogens is 266 g/mol. The van der Waals surface area contributed by atoms with Gasteiger partial charge in [-0.3, -0.25) is 4.98 Å². The van der Waals surface area contributed by atoms with Gasteiger partial charge in [-0.25, -0.2) is 0 Å². The van der Waals surface area contributed by atoms with Crippen LogP contribution in [0.1, 0.15) is 28.1 Å². The molecule has 0 radical (unpaired) electrons. The number of aromatic nitrogens is 1. The first kappa shape index (κ1) is 14.5. The Morgan fingerprint density at radius 2 is 1.95 bits per heavy atom. The molecule has 0 aliphatic rings.